The molecule has 0 spiro atoms. The normalized spacial score (nSPS) is 29.5. The van der Waals surface area contributed by atoms with Gasteiger partial charge < -0.3 is 5.11 Å². The summed E-state index contributed by atoms with van der Waals surface area (Å²) in [6.45, 7) is 3.71. The van der Waals surface area contributed by atoms with Crippen LogP contribution in [0, 0.1) is 17.8 Å². The van der Waals surface area contributed by atoms with Crippen molar-refractivity contribution in [1.82, 2.24) is 4.90 Å². The Morgan fingerprint density at radius 2 is 1.88 bits per heavy atom. The molecule has 32 heavy (non-hydrogen) atoms. The molecule has 5 rings (SSSR count). The fraction of sp³-hybridized carbons (Fsp3) is 0.360. The lowest BCUT2D eigenvalue weighted by Crippen LogP contribution is -2.39. The average Bonchev–Trinajstić information content (AvgIpc) is 3.00. The number of rotatable bonds is 2. The smallest absolute Gasteiger partial charge is 0.233 e. The second-order valence-electron chi connectivity index (χ2n) is 8.86. The largest absolute Gasteiger partial charge is 0.508 e. The Balaban J connectivity index is 1.72. The molecule has 0 saturated carbocycles. The highest BCUT2D eigenvalue weighted by molar-refractivity contribution is 6.32. The molecule has 7 heteroatoms. The van der Waals surface area contributed by atoms with E-state index in [1.165, 1.54) is 23.1 Å². The number of nitrogens with zero attached hydrogens (tertiary/aromatic N) is 1. The van der Waals surface area contributed by atoms with Gasteiger partial charge in [-0.05, 0) is 56.4 Å². The number of allylic oxidation sites excluding steroid dienone is 6. The van der Waals surface area contributed by atoms with E-state index in [4.69, 9.17) is 11.6 Å². The number of ketones is 2. The van der Waals surface area contributed by atoms with Crippen molar-refractivity contribution in [2.24, 2.45) is 17.8 Å². The van der Waals surface area contributed by atoms with Gasteiger partial charge in [0.2, 0.25) is 11.8 Å². The highest BCUT2D eigenvalue weighted by Gasteiger charge is 2.56. The number of Topliss-reactive ketones (excluding diaryl/α,β-unsaturated/α-hetero) is 1. The van der Waals surface area contributed by atoms with E-state index >= 15 is 0 Å². The third-order valence-electron chi connectivity index (χ3n) is 7.26. The number of halogens is 1. The molecule has 1 aromatic rings. The highest BCUT2D eigenvalue weighted by atomic mass is 35.5. The van der Waals surface area contributed by atoms with Crippen LogP contribution in [0.2, 0.25) is 5.02 Å². The molecule has 164 valence electrons. The summed E-state index contributed by atoms with van der Waals surface area (Å²) in [5.41, 5.74) is 2.61. The number of amides is 2. The summed E-state index contributed by atoms with van der Waals surface area (Å²) < 4.78 is 0. The Kier molecular flexibility index (Phi) is 4.75. The van der Waals surface area contributed by atoms with Crippen LogP contribution in [0.25, 0.3) is 0 Å². The van der Waals surface area contributed by atoms with Crippen molar-refractivity contribution in [3.8, 4) is 5.75 Å². The predicted octanol–water partition coefficient (Wildman–Crippen LogP) is 3.50. The molecule has 0 bridgehead atoms. The van der Waals surface area contributed by atoms with Crippen LogP contribution in [-0.4, -0.2) is 39.9 Å². The van der Waals surface area contributed by atoms with Gasteiger partial charge in [0.05, 0.1) is 11.8 Å². The van der Waals surface area contributed by atoms with Crippen molar-refractivity contribution in [2.75, 3.05) is 6.54 Å². The van der Waals surface area contributed by atoms with Gasteiger partial charge in [0, 0.05) is 34.2 Å². The molecule has 4 atom stereocenters. The third kappa shape index (κ3) is 2.78. The Labute approximate surface area is 190 Å². The van der Waals surface area contributed by atoms with Gasteiger partial charge in [0.15, 0.2) is 11.6 Å². The molecule has 1 heterocycles. The standard InChI is InChI=1S/C25H22ClNO5/c1-3-27-24(31)15-7-6-13-16(21(15)25(27)32)10-17-22(19(29)8-11(2)23(17)30)20(13)14-5-4-12(28)9-18(14)26/h4-6,8-9,15-16,20-21,28H,3,7,10H2,1-2H3. The Morgan fingerprint density at radius 1 is 1.12 bits per heavy atom. The maximum absolute atomic E-state index is 13.2. The van der Waals surface area contributed by atoms with Crippen molar-refractivity contribution in [3.05, 3.63) is 63.2 Å². The molecule has 1 aliphatic heterocycles. The molecule has 0 radical (unpaired) electrons. The predicted molar refractivity (Wildman–Crippen MR) is 117 cm³/mol. The number of imide groups is 1. The number of phenolic OH excluding ortho intramolecular Hbond substituents is 1. The quantitative estimate of drug-likeness (QED) is 0.422. The van der Waals surface area contributed by atoms with Gasteiger partial charge in [-0.1, -0.05) is 29.3 Å². The molecule has 4 unspecified atom stereocenters. The summed E-state index contributed by atoms with van der Waals surface area (Å²) in [5.74, 6) is -2.78. The molecule has 1 aromatic carbocycles. The van der Waals surface area contributed by atoms with Crippen LogP contribution in [0.5, 0.6) is 5.75 Å². The number of fused-ring (bicyclic) bond motifs is 3. The molecule has 4 aliphatic rings. The van der Waals surface area contributed by atoms with Gasteiger partial charge in [-0.3, -0.25) is 24.1 Å². The van der Waals surface area contributed by atoms with Crippen LogP contribution in [0.15, 0.2) is 52.6 Å². The lowest BCUT2D eigenvalue weighted by molar-refractivity contribution is -0.139. The van der Waals surface area contributed by atoms with E-state index in [0.29, 0.717) is 35.2 Å². The van der Waals surface area contributed by atoms with Crippen LogP contribution in [0.3, 0.4) is 0 Å². The number of hydrogen-bond acceptors (Lipinski definition) is 5. The van der Waals surface area contributed by atoms with Crippen LogP contribution >= 0.6 is 11.6 Å². The second kappa shape index (κ2) is 7.27. The first-order valence-electron chi connectivity index (χ1n) is 10.8. The topological polar surface area (TPSA) is 91.8 Å². The van der Waals surface area contributed by atoms with E-state index in [-0.39, 0.29) is 46.5 Å². The van der Waals surface area contributed by atoms with Crippen molar-refractivity contribution in [3.63, 3.8) is 0 Å². The van der Waals surface area contributed by atoms with Gasteiger partial charge in [-0.15, -0.1) is 0 Å². The molecular formula is C25H22ClNO5. The summed E-state index contributed by atoms with van der Waals surface area (Å²) in [6, 6.07) is 4.56. The van der Waals surface area contributed by atoms with E-state index in [2.05, 4.69) is 0 Å². The Hall–Kier alpha value is -2.99. The van der Waals surface area contributed by atoms with Crippen molar-refractivity contribution in [2.45, 2.75) is 32.6 Å². The van der Waals surface area contributed by atoms with Gasteiger partial charge in [0.1, 0.15) is 5.75 Å². The Bertz CT molecular complexity index is 1210. The Morgan fingerprint density at radius 3 is 2.56 bits per heavy atom. The number of aromatic hydroxyl groups is 1. The maximum atomic E-state index is 13.2. The first-order valence-corrected chi connectivity index (χ1v) is 11.2. The van der Waals surface area contributed by atoms with Crippen molar-refractivity contribution >= 4 is 35.0 Å². The van der Waals surface area contributed by atoms with Crippen LogP contribution in [0.1, 0.15) is 38.2 Å². The van der Waals surface area contributed by atoms with Crippen LogP contribution in [-0.2, 0) is 19.2 Å². The second-order valence-corrected chi connectivity index (χ2v) is 9.26. The minimum Gasteiger partial charge on any atom is -0.508 e. The highest BCUT2D eigenvalue weighted by Crippen LogP contribution is 2.55. The maximum Gasteiger partial charge on any atom is 0.233 e. The molecule has 1 fully saturated rings. The number of likely N-dealkylation sites (tertiary alicyclic amines) is 1. The number of hydrogen-bond donors (Lipinski definition) is 1. The van der Waals surface area contributed by atoms with Crippen molar-refractivity contribution in [1.29, 1.82) is 0 Å². The van der Waals surface area contributed by atoms with Crippen LogP contribution in [0.4, 0.5) is 0 Å². The molecule has 2 amide bonds. The lowest BCUT2D eigenvalue weighted by atomic mass is 9.59. The molecule has 6 nitrogen and oxygen atoms in total. The number of carbonyl (C=O) groups excluding carboxylic acids is 4. The minimum absolute atomic E-state index is 0.00468. The van der Waals surface area contributed by atoms with E-state index < -0.39 is 17.8 Å². The SMILES string of the molecule is CCN1C(=O)C2CC=C3C(c4ccc(O)cc4Cl)C4=C(CC3C2C1=O)C(=O)C(C)=CC4=O. The zero-order chi connectivity index (χ0) is 22.9. The first-order chi connectivity index (χ1) is 15.2. The van der Waals surface area contributed by atoms with Gasteiger partial charge in [-0.25, -0.2) is 0 Å². The van der Waals surface area contributed by atoms with Gasteiger partial charge in [0.25, 0.3) is 0 Å². The van der Waals surface area contributed by atoms with E-state index in [9.17, 15) is 24.3 Å². The minimum atomic E-state index is -0.600. The molecular weight excluding hydrogens is 430 g/mol. The molecule has 1 saturated heterocycles. The molecule has 1 N–H and O–H groups in total. The molecule has 0 aromatic heterocycles. The van der Waals surface area contributed by atoms with E-state index in [1.807, 2.05) is 6.08 Å². The summed E-state index contributed by atoms with van der Waals surface area (Å²) in [6.07, 6.45) is 3.97. The van der Waals surface area contributed by atoms with E-state index in [1.54, 1.807) is 19.9 Å². The van der Waals surface area contributed by atoms with Crippen LogP contribution < -0.4 is 0 Å². The fourth-order valence-electron chi connectivity index (χ4n) is 5.86. The summed E-state index contributed by atoms with van der Waals surface area (Å²) >= 11 is 6.50. The first kappa shape index (κ1) is 20.9. The number of carbonyl (C=O) groups is 4. The van der Waals surface area contributed by atoms with E-state index in [0.717, 1.165) is 5.57 Å². The zero-order valence-corrected chi connectivity index (χ0v) is 18.5. The average molecular weight is 452 g/mol. The zero-order valence-electron chi connectivity index (χ0n) is 17.7. The third-order valence-corrected chi connectivity index (χ3v) is 7.59. The van der Waals surface area contributed by atoms with Gasteiger partial charge >= 0.3 is 0 Å². The monoisotopic (exact) mass is 451 g/mol. The number of phenols is 1. The summed E-state index contributed by atoms with van der Waals surface area (Å²) in [7, 11) is 0. The van der Waals surface area contributed by atoms with Crippen molar-refractivity contribution < 1.29 is 24.3 Å². The fourth-order valence-corrected chi connectivity index (χ4v) is 6.15. The number of benzene rings is 1. The lowest BCUT2D eigenvalue weighted by Gasteiger charge is -2.42. The summed E-state index contributed by atoms with van der Waals surface area (Å²) in [4.78, 5) is 53.6. The summed E-state index contributed by atoms with van der Waals surface area (Å²) in [5, 5.41) is 10.1. The van der Waals surface area contributed by atoms with Gasteiger partial charge in [-0.2, -0.15) is 0 Å². The molecule has 3 aliphatic carbocycles.